The van der Waals surface area contributed by atoms with Gasteiger partial charge in [0, 0.05) is 33.4 Å². The van der Waals surface area contributed by atoms with Gasteiger partial charge in [-0.25, -0.2) is 0 Å². The molecular formula is C10H18BrClN2S. The third-order valence-electron chi connectivity index (χ3n) is 1.72. The topological polar surface area (TPSA) is 29.3 Å². The van der Waals surface area contributed by atoms with E-state index in [2.05, 4.69) is 39.3 Å². The summed E-state index contributed by atoms with van der Waals surface area (Å²) in [6.45, 7) is 5.97. The predicted molar refractivity (Wildman–Crippen MR) is 73.9 cm³/mol. The molecule has 1 aromatic heterocycles. The van der Waals surface area contributed by atoms with Crippen molar-refractivity contribution in [2.24, 2.45) is 5.73 Å². The molecule has 0 atom stereocenters. The van der Waals surface area contributed by atoms with Crippen LogP contribution >= 0.6 is 39.7 Å². The van der Waals surface area contributed by atoms with Crippen LogP contribution in [-0.2, 0) is 6.54 Å². The van der Waals surface area contributed by atoms with Crippen molar-refractivity contribution in [2.45, 2.75) is 25.9 Å². The predicted octanol–water partition coefficient (Wildman–Crippen LogP) is 3.10. The summed E-state index contributed by atoms with van der Waals surface area (Å²) in [5, 5.41) is 2.11. The minimum Gasteiger partial charge on any atom is -0.324 e. The molecule has 88 valence electrons. The number of likely N-dealkylation sites (N-methyl/N-ethyl adjacent to an activating group) is 1. The van der Waals surface area contributed by atoms with Gasteiger partial charge in [0.15, 0.2) is 0 Å². The Morgan fingerprint density at radius 2 is 2.13 bits per heavy atom. The van der Waals surface area contributed by atoms with Crippen LogP contribution in [0.2, 0.25) is 0 Å². The summed E-state index contributed by atoms with van der Waals surface area (Å²) in [4.78, 5) is 3.61. The molecule has 2 N–H and O–H groups in total. The van der Waals surface area contributed by atoms with E-state index in [-0.39, 0.29) is 17.9 Å². The zero-order chi connectivity index (χ0) is 10.8. The second-order valence-corrected chi connectivity index (χ2v) is 6.30. The van der Waals surface area contributed by atoms with Crippen molar-refractivity contribution in [3.05, 3.63) is 20.8 Å². The fourth-order valence-electron chi connectivity index (χ4n) is 1.45. The highest BCUT2D eigenvalue weighted by Crippen LogP contribution is 2.21. The molecule has 15 heavy (non-hydrogen) atoms. The summed E-state index contributed by atoms with van der Waals surface area (Å²) in [7, 11) is 2.10. The van der Waals surface area contributed by atoms with E-state index in [1.54, 1.807) is 11.3 Å². The Morgan fingerprint density at radius 3 is 2.53 bits per heavy atom. The van der Waals surface area contributed by atoms with Gasteiger partial charge >= 0.3 is 0 Å². The van der Waals surface area contributed by atoms with Crippen LogP contribution in [0.1, 0.15) is 18.7 Å². The molecule has 0 aromatic carbocycles. The van der Waals surface area contributed by atoms with E-state index in [0.29, 0.717) is 0 Å². The van der Waals surface area contributed by atoms with Gasteiger partial charge in [-0.2, -0.15) is 0 Å². The Balaban J connectivity index is 0.00000196. The van der Waals surface area contributed by atoms with Crippen molar-refractivity contribution in [1.29, 1.82) is 0 Å². The van der Waals surface area contributed by atoms with Crippen molar-refractivity contribution >= 4 is 39.7 Å². The van der Waals surface area contributed by atoms with Crippen molar-refractivity contribution in [1.82, 2.24) is 4.90 Å². The maximum Gasteiger partial charge on any atom is 0.0326 e. The molecular weight excluding hydrogens is 296 g/mol. The molecule has 5 heteroatoms. The second kappa shape index (κ2) is 6.21. The van der Waals surface area contributed by atoms with Crippen LogP contribution in [0.5, 0.6) is 0 Å². The first-order valence-electron chi connectivity index (χ1n) is 4.57. The summed E-state index contributed by atoms with van der Waals surface area (Å²) in [5.74, 6) is 0. The molecule has 0 amide bonds. The molecule has 0 saturated heterocycles. The number of hydrogen-bond acceptors (Lipinski definition) is 3. The number of halogens is 2. The molecule has 0 aliphatic rings. The fraction of sp³-hybridized carbons (Fsp3) is 0.600. The third-order valence-corrected chi connectivity index (χ3v) is 3.41. The van der Waals surface area contributed by atoms with Crippen LogP contribution in [0.4, 0.5) is 0 Å². The minimum absolute atomic E-state index is 0. The number of nitrogens with zero attached hydrogens (tertiary/aromatic N) is 1. The highest BCUT2D eigenvalue weighted by atomic mass is 79.9. The van der Waals surface area contributed by atoms with E-state index in [1.165, 1.54) is 4.88 Å². The van der Waals surface area contributed by atoms with Crippen LogP contribution in [0.25, 0.3) is 0 Å². The van der Waals surface area contributed by atoms with Gasteiger partial charge < -0.3 is 5.73 Å². The standard InChI is InChI=1S/C10H17BrN2S.ClH/c1-10(2,12)7-13(3)5-9-4-8(11)6-14-9;/h4,6H,5,7,12H2,1-3H3;1H. The average molecular weight is 314 g/mol. The third kappa shape index (κ3) is 6.53. The Labute approximate surface area is 110 Å². The Hall–Kier alpha value is 0.390. The van der Waals surface area contributed by atoms with E-state index >= 15 is 0 Å². The summed E-state index contributed by atoms with van der Waals surface area (Å²) in [6, 6.07) is 2.16. The fourth-order valence-corrected chi connectivity index (χ4v) is 2.98. The molecule has 0 radical (unpaired) electrons. The first-order chi connectivity index (χ1) is 6.37. The maximum atomic E-state index is 5.95. The molecule has 0 unspecified atom stereocenters. The minimum atomic E-state index is -0.122. The van der Waals surface area contributed by atoms with Crippen LogP contribution in [-0.4, -0.2) is 24.0 Å². The number of hydrogen-bond donors (Lipinski definition) is 1. The van der Waals surface area contributed by atoms with Crippen molar-refractivity contribution in [3.8, 4) is 0 Å². The molecule has 1 aromatic rings. The highest BCUT2D eigenvalue weighted by Gasteiger charge is 2.14. The molecule has 0 bridgehead atoms. The molecule has 2 nitrogen and oxygen atoms in total. The molecule has 0 fully saturated rings. The Bertz CT molecular complexity index is 296. The van der Waals surface area contributed by atoms with Crippen LogP contribution in [0.3, 0.4) is 0 Å². The van der Waals surface area contributed by atoms with Crippen LogP contribution < -0.4 is 5.73 Å². The van der Waals surface area contributed by atoms with Crippen LogP contribution in [0, 0.1) is 0 Å². The maximum absolute atomic E-state index is 5.95. The summed E-state index contributed by atoms with van der Waals surface area (Å²) in [6.07, 6.45) is 0. The quantitative estimate of drug-likeness (QED) is 0.925. The van der Waals surface area contributed by atoms with Gasteiger partial charge in [0.25, 0.3) is 0 Å². The van der Waals surface area contributed by atoms with E-state index in [1.807, 2.05) is 13.8 Å². The molecule has 0 spiro atoms. The van der Waals surface area contributed by atoms with Gasteiger partial charge in [-0.1, -0.05) is 0 Å². The summed E-state index contributed by atoms with van der Waals surface area (Å²) >= 11 is 5.23. The van der Waals surface area contributed by atoms with Crippen LogP contribution in [0.15, 0.2) is 15.9 Å². The average Bonchev–Trinajstić information content (AvgIpc) is 2.30. The molecule has 1 heterocycles. The molecule has 0 saturated carbocycles. The van der Waals surface area contributed by atoms with Crippen molar-refractivity contribution in [2.75, 3.05) is 13.6 Å². The van der Waals surface area contributed by atoms with E-state index < -0.39 is 0 Å². The zero-order valence-electron chi connectivity index (χ0n) is 9.29. The second-order valence-electron chi connectivity index (χ2n) is 4.39. The lowest BCUT2D eigenvalue weighted by atomic mass is 10.1. The van der Waals surface area contributed by atoms with E-state index in [4.69, 9.17) is 5.73 Å². The first kappa shape index (κ1) is 15.4. The lowest BCUT2D eigenvalue weighted by Gasteiger charge is -2.25. The van der Waals surface area contributed by atoms with Gasteiger partial charge in [-0.05, 0) is 42.9 Å². The van der Waals surface area contributed by atoms with Gasteiger partial charge in [-0.15, -0.1) is 23.7 Å². The molecule has 1 rings (SSSR count). The van der Waals surface area contributed by atoms with Gasteiger partial charge in [-0.3, -0.25) is 4.90 Å². The van der Waals surface area contributed by atoms with Crippen molar-refractivity contribution in [3.63, 3.8) is 0 Å². The summed E-state index contributed by atoms with van der Waals surface area (Å²) in [5.41, 5.74) is 5.83. The van der Waals surface area contributed by atoms with E-state index in [0.717, 1.165) is 17.6 Å². The zero-order valence-corrected chi connectivity index (χ0v) is 12.5. The molecule has 0 aliphatic carbocycles. The SMILES string of the molecule is CN(Cc1cc(Br)cs1)CC(C)(C)N.Cl. The molecule has 0 aliphatic heterocycles. The number of thiophene rings is 1. The number of rotatable bonds is 4. The monoisotopic (exact) mass is 312 g/mol. The Morgan fingerprint density at radius 1 is 1.53 bits per heavy atom. The smallest absolute Gasteiger partial charge is 0.0326 e. The lowest BCUT2D eigenvalue weighted by molar-refractivity contribution is 0.265. The van der Waals surface area contributed by atoms with Gasteiger partial charge in [0.1, 0.15) is 0 Å². The van der Waals surface area contributed by atoms with Crippen molar-refractivity contribution < 1.29 is 0 Å². The summed E-state index contributed by atoms with van der Waals surface area (Å²) < 4.78 is 1.16. The van der Waals surface area contributed by atoms with E-state index in [9.17, 15) is 0 Å². The highest BCUT2D eigenvalue weighted by molar-refractivity contribution is 9.10. The normalized spacial score (nSPS) is 11.6. The largest absolute Gasteiger partial charge is 0.324 e. The first-order valence-corrected chi connectivity index (χ1v) is 6.24. The number of nitrogens with two attached hydrogens (primary N) is 1. The Kier molecular flexibility index (Phi) is 6.37. The lowest BCUT2D eigenvalue weighted by Crippen LogP contribution is -2.43. The van der Waals surface area contributed by atoms with Gasteiger partial charge in [0.2, 0.25) is 0 Å². The van der Waals surface area contributed by atoms with Gasteiger partial charge in [0.05, 0.1) is 0 Å².